The SMILES string of the molecule is CCc1ccc2c(c1)[C@@]1(C(=O)N2)C2C(=O)N(c3ccccc3C(=O)OC)C(=O)C2C2CCCN21. The molecule has 174 valence electrons. The molecule has 3 saturated heterocycles. The number of nitrogens with one attached hydrogen (secondary N) is 1. The fourth-order valence-corrected chi connectivity index (χ4v) is 6.66. The summed E-state index contributed by atoms with van der Waals surface area (Å²) in [5.41, 5.74) is 1.67. The van der Waals surface area contributed by atoms with E-state index in [1.165, 1.54) is 7.11 Å². The fourth-order valence-electron chi connectivity index (χ4n) is 6.66. The number of para-hydroxylation sites is 1. The van der Waals surface area contributed by atoms with Gasteiger partial charge in [0.15, 0.2) is 0 Å². The van der Waals surface area contributed by atoms with Gasteiger partial charge in [-0.05, 0) is 49.6 Å². The number of carbonyl (C=O) groups excluding carboxylic acids is 4. The molecule has 8 nitrogen and oxygen atoms in total. The number of aryl methyl sites for hydroxylation is 1. The molecule has 0 bridgehead atoms. The second kappa shape index (κ2) is 7.24. The Morgan fingerprint density at radius 1 is 1.15 bits per heavy atom. The molecule has 0 aliphatic carbocycles. The lowest BCUT2D eigenvalue weighted by Crippen LogP contribution is -2.54. The minimum Gasteiger partial charge on any atom is -0.465 e. The summed E-state index contributed by atoms with van der Waals surface area (Å²) in [6.07, 6.45) is 2.39. The van der Waals surface area contributed by atoms with Crippen LogP contribution in [0.2, 0.25) is 0 Å². The molecule has 1 spiro atoms. The second-order valence-electron chi connectivity index (χ2n) is 9.38. The number of hydrogen-bond acceptors (Lipinski definition) is 6. The Hall–Kier alpha value is -3.52. The van der Waals surface area contributed by atoms with Crippen molar-refractivity contribution in [1.29, 1.82) is 0 Å². The first-order chi connectivity index (χ1) is 16.4. The van der Waals surface area contributed by atoms with E-state index in [1.807, 2.05) is 25.1 Å². The quantitative estimate of drug-likeness (QED) is 0.560. The number of carbonyl (C=O) groups is 4. The standard InChI is InChI=1S/C26H25N3O5/c1-3-14-10-11-17-16(13-14)26(25(33)27-17)21-20(19-9-6-12-28(19)26)22(30)29(23(21)31)18-8-5-4-7-15(18)24(32)34-2/h4-5,7-8,10-11,13,19-21H,3,6,9,12H2,1-2H3,(H,27,33)/t19?,20?,21?,26-/m0/s1. The first kappa shape index (κ1) is 21.0. The predicted molar refractivity (Wildman–Crippen MR) is 123 cm³/mol. The first-order valence-corrected chi connectivity index (χ1v) is 11.7. The van der Waals surface area contributed by atoms with Crippen LogP contribution in [0.4, 0.5) is 11.4 Å². The summed E-state index contributed by atoms with van der Waals surface area (Å²) < 4.78 is 4.89. The van der Waals surface area contributed by atoms with Crippen LogP contribution in [0.15, 0.2) is 42.5 Å². The van der Waals surface area contributed by atoms with E-state index in [2.05, 4.69) is 10.2 Å². The molecule has 4 aliphatic heterocycles. The second-order valence-corrected chi connectivity index (χ2v) is 9.38. The Morgan fingerprint density at radius 2 is 1.94 bits per heavy atom. The number of anilines is 2. The van der Waals surface area contributed by atoms with E-state index in [0.717, 1.165) is 35.3 Å². The third-order valence-electron chi connectivity index (χ3n) is 8.02. The maximum atomic E-state index is 14.1. The van der Waals surface area contributed by atoms with Crippen LogP contribution in [0.1, 0.15) is 41.3 Å². The molecule has 4 atom stereocenters. The Kier molecular flexibility index (Phi) is 4.48. The van der Waals surface area contributed by atoms with Crippen LogP contribution < -0.4 is 10.2 Å². The van der Waals surface area contributed by atoms with Crippen molar-refractivity contribution in [2.75, 3.05) is 23.9 Å². The lowest BCUT2D eigenvalue weighted by atomic mass is 9.75. The number of amides is 3. The number of esters is 1. The normalized spacial score (nSPS) is 29.4. The van der Waals surface area contributed by atoms with Gasteiger partial charge in [-0.15, -0.1) is 0 Å². The summed E-state index contributed by atoms with van der Waals surface area (Å²) in [4.78, 5) is 57.4. The maximum Gasteiger partial charge on any atom is 0.339 e. The highest BCUT2D eigenvalue weighted by Gasteiger charge is 2.74. The van der Waals surface area contributed by atoms with Gasteiger partial charge < -0.3 is 10.1 Å². The van der Waals surface area contributed by atoms with Crippen LogP contribution in [0, 0.1) is 11.8 Å². The largest absolute Gasteiger partial charge is 0.465 e. The molecule has 1 N–H and O–H groups in total. The fraction of sp³-hybridized carbons (Fsp3) is 0.385. The van der Waals surface area contributed by atoms with Crippen molar-refractivity contribution in [3.63, 3.8) is 0 Å². The molecule has 2 aromatic carbocycles. The average molecular weight is 460 g/mol. The van der Waals surface area contributed by atoms with E-state index in [0.29, 0.717) is 12.2 Å². The minimum absolute atomic E-state index is 0.147. The van der Waals surface area contributed by atoms with Gasteiger partial charge >= 0.3 is 5.97 Å². The smallest absolute Gasteiger partial charge is 0.339 e. The number of imide groups is 1. The molecule has 3 unspecified atom stereocenters. The van der Waals surface area contributed by atoms with E-state index in [1.54, 1.807) is 24.3 Å². The molecular formula is C26H25N3O5. The highest BCUT2D eigenvalue weighted by Crippen LogP contribution is 2.60. The van der Waals surface area contributed by atoms with Crippen molar-refractivity contribution in [3.05, 3.63) is 59.2 Å². The van der Waals surface area contributed by atoms with Crippen LogP contribution in [-0.2, 0) is 31.1 Å². The molecule has 0 aromatic heterocycles. The molecule has 3 fully saturated rings. The number of fused-ring (bicyclic) bond motifs is 7. The Bertz CT molecular complexity index is 1270. The van der Waals surface area contributed by atoms with Crippen molar-refractivity contribution in [2.45, 2.75) is 37.8 Å². The van der Waals surface area contributed by atoms with E-state index < -0.39 is 29.3 Å². The van der Waals surface area contributed by atoms with E-state index in [4.69, 9.17) is 4.74 Å². The van der Waals surface area contributed by atoms with Crippen LogP contribution >= 0.6 is 0 Å². The van der Waals surface area contributed by atoms with Crippen molar-refractivity contribution in [3.8, 4) is 0 Å². The van der Waals surface area contributed by atoms with E-state index in [-0.39, 0.29) is 29.1 Å². The zero-order chi connectivity index (χ0) is 23.8. The third-order valence-corrected chi connectivity index (χ3v) is 8.02. The molecular weight excluding hydrogens is 434 g/mol. The number of methoxy groups -OCH3 is 1. The van der Waals surface area contributed by atoms with Gasteiger partial charge in [-0.25, -0.2) is 9.69 Å². The summed E-state index contributed by atoms with van der Waals surface area (Å²) in [5, 5.41) is 3.00. The van der Waals surface area contributed by atoms with Gasteiger partial charge in [-0.3, -0.25) is 19.3 Å². The molecule has 34 heavy (non-hydrogen) atoms. The van der Waals surface area contributed by atoms with Gasteiger partial charge in [-0.2, -0.15) is 0 Å². The van der Waals surface area contributed by atoms with Crippen molar-refractivity contribution in [2.24, 2.45) is 11.8 Å². The zero-order valence-electron chi connectivity index (χ0n) is 19.0. The molecule has 6 rings (SSSR count). The Balaban J connectivity index is 1.55. The van der Waals surface area contributed by atoms with Crippen LogP contribution in [0.25, 0.3) is 0 Å². The number of benzene rings is 2. The summed E-state index contributed by atoms with van der Waals surface area (Å²) >= 11 is 0. The summed E-state index contributed by atoms with van der Waals surface area (Å²) in [6, 6.07) is 12.1. The van der Waals surface area contributed by atoms with Crippen LogP contribution in [0.5, 0.6) is 0 Å². The molecule has 8 heteroatoms. The van der Waals surface area contributed by atoms with Gasteiger partial charge in [-0.1, -0.05) is 31.2 Å². The van der Waals surface area contributed by atoms with Crippen LogP contribution in [-0.4, -0.2) is 48.3 Å². The summed E-state index contributed by atoms with van der Waals surface area (Å²) in [6.45, 7) is 2.70. The summed E-state index contributed by atoms with van der Waals surface area (Å²) in [5.74, 6) is -3.17. The lowest BCUT2D eigenvalue weighted by Gasteiger charge is -2.37. The molecule has 2 aromatic rings. The zero-order valence-corrected chi connectivity index (χ0v) is 19.0. The number of hydrogen-bond donors (Lipinski definition) is 1. The minimum atomic E-state index is -1.23. The Morgan fingerprint density at radius 3 is 2.71 bits per heavy atom. The first-order valence-electron chi connectivity index (χ1n) is 11.7. The molecule has 3 amide bonds. The van der Waals surface area contributed by atoms with Crippen LogP contribution in [0.3, 0.4) is 0 Å². The molecule has 4 aliphatic rings. The van der Waals surface area contributed by atoms with Gasteiger partial charge in [0, 0.05) is 17.3 Å². The van der Waals surface area contributed by atoms with Gasteiger partial charge in [0.05, 0.1) is 30.2 Å². The third kappa shape index (κ3) is 2.41. The number of nitrogens with zero attached hydrogens (tertiary/aromatic N) is 2. The van der Waals surface area contributed by atoms with E-state index in [9.17, 15) is 19.2 Å². The molecule has 0 saturated carbocycles. The molecule has 4 heterocycles. The Labute approximate surface area is 196 Å². The highest BCUT2D eigenvalue weighted by molar-refractivity contribution is 6.27. The topological polar surface area (TPSA) is 96.0 Å². The van der Waals surface area contributed by atoms with E-state index >= 15 is 0 Å². The molecule has 0 radical (unpaired) electrons. The lowest BCUT2D eigenvalue weighted by molar-refractivity contribution is -0.135. The maximum absolute atomic E-state index is 14.1. The monoisotopic (exact) mass is 459 g/mol. The number of rotatable bonds is 3. The average Bonchev–Trinajstić information content (AvgIpc) is 3.56. The van der Waals surface area contributed by atoms with Gasteiger partial charge in [0.1, 0.15) is 5.54 Å². The summed E-state index contributed by atoms with van der Waals surface area (Å²) in [7, 11) is 1.26. The van der Waals surface area contributed by atoms with Crippen molar-refractivity contribution < 1.29 is 23.9 Å². The highest BCUT2D eigenvalue weighted by atomic mass is 16.5. The predicted octanol–water partition coefficient (Wildman–Crippen LogP) is 2.47. The van der Waals surface area contributed by atoms with Gasteiger partial charge in [0.25, 0.3) is 0 Å². The van der Waals surface area contributed by atoms with Crippen molar-refractivity contribution >= 4 is 35.1 Å². The van der Waals surface area contributed by atoms with Crippen molar-refractivity contribution in [1.82, 2.24) is 4.90 Å². The number of ether oxygens (including phenoxy) is 1. The van der Waals surface area contributed by atoms with Gasteiger partial charge in [0.2, 0.25) is 17.7 Å².